The molecular formula is C22H25BrN4O2S. The van der Waals surface area contributed by atoms with E-state index in [1.54, 1.807) is 7.11 Å². The highest BCUT2D eigenvalue weighted by Crippen LogP contribution is 2.21. The molecule has 1 heterocycles. The molecule has 2 aromatic carbocycles. The maximum absolute atomic E-state index is 12.4. The number of hydrogen-bond acceptors (Lipinski definition) is 4. The number of carbonyl (C=O) groups excluding carboxylic acids is 1. The van der Waals surface area contributed by atoms with Crippen LogP contribution in [0.15, 0.2) is 53.0 Å². The molecule has 6 nitrogen and oxygen atoms in total. The van der Waals surface area contributed by atoms with Crippen molar-refractivity contribution in [3.8, 4) is 17.1 Å². The third-order valence-electron chi connectivity index (χ3n) is 4.86. The van der Waals surface area contributed by atoms with Crippen LogP contribution in [-0.2, 0) is 17.8 Å². The molecule has 0 radical (unpaired) electrons. The third kappa shape index (κ3) is 6.03. The number of nitrogens with zero attached hydrogens (tertiary/aromatic N) is 2. The number of methoxy groups -OCH3 is 1. The van der Waals surface area contributed by atoms with Gasteiger partial charge in [-0.25, -0.2) is 0 Å². The van der Waals surface area contributed by atoms with E-state index in [-0.39, 0.29) is 11.9 Å². The molecule has 0 saturated heterocycles. The summed E-state index contributed by atoms with van der Waals surface area (Å²) < 4.78 is 8.62. The molecule has 8 heteroatoms. The number of halogens is 1. The van der Waals surface area contributed by atoms with Crippen molar-refractivity contribution in [2.24, 2.45) is 0 Å². The zero-order valence-corrected chi connectivity index (χ0v) is 19.4. The Bertz CT molecular complexity index is 1030. The van der Waals surface area contributed by atoms with Crippen molar-refractivity contribution in [1.29, 1.82) is 0 Å². The number of amides is 1. The van der Waals surface area contributed by atoms with Gasteiger partial charge >= 0.3 is 0 Å². The van der Waals surface area contributed by atoms with Crippen molar-refractivity contribution in [3.63, 3.8) is 0 Å². The van der Waals surface area contributed by atoms with Crippen LogP contribution in [0.1, 0.15) is 25.3 Å². The first kappa shape index (κ1) is 22.2. The largest absolute Gasteiger partial charge is 0.497 e. The summed E-state index contributed by atoms with van der Waals surface area (Å²) in [6.07, 6.45) is 2.14. The van der Waals surface area contributed by atoms with Gasteiger partial charge in [0.25, 0.3) is 0 Å². The van der Waals surface area contributed by atoms with Gasteiger partial charge in [-0.05, 0) is 73.9 Å². The summed E-state index contributed by atoms with van der Waals surface area (Å²) in [4.78, 5) is 12.4. The maximum atomic E-state index is 12.4. The van der Waals surface area contributed by atoms with Crippen LogP contribution < -0.4 is 10.1 Å². The number of rotatable bonds is 9. The Kier molecular flexibility index (Phi) is 7.81. The lowest BCUT2D eigenvalue weighted by Gasteiger charge is -2.14. The van der Waals surface area contributed by atoms with Crippen LogP contribution in [0.5, 0.6) is 5.75 Å². The van der Waals surface area contributed by atoms with E-state index < -0.39 is 0 Å². The van der Waals surface area contributed by atoms with Gasteiger partial charge in [-0.3, -0.25) is 14.5 Å². The summed E-state index contributed by atoms with van der Waals surface area (Å²) in [6.45, 7) is 2.49. The molecule has 0 aliphatic carbocycles. The molecule has 1 amide bonds. The lowest BCUT2D eigenvalue weighted by atomic mass is 10.1. The summed E-state index contributed by atoms with van der Waals surface area (Å²) in [6, 6.07) is 15.9. The topological polar surface area (TPSA) is 71.9 Å². The first-order valence-corrected chi connectivity index (χ1v) is 11.0. The SMILES string of the molecule is COc1ccc(-c2n[nH]c(=S)n2CCC(=O)NC(C)CCc2ccc(Br)cc2)cc1. The van der Waals surface area contributed by atoms with Crippen LogP contribution in [-0.4, -0.2) is 33.8 Å². The van der Waals surface area contributed by atoms with Gasteiger partial charge in [-0.15, -0.1) is 0 Å². The van der Waals surface area contributed by atoms with E-state index in [4.69, 9.17) is 17.0 Å². The Labute approximate surface area is 189 Å². The van der Waals surface area contributed by atoms with Gasteiger partial charge in [0, 0.05) is 29.0 Å². The highest BCUT2D eigenvalue weighted by molar-refractivity contribution is 9.10. The Hall–Kier alpha value is -2.45. The van der Waals surface area contributed by atoms with E-state index in [1.165, 1.54) is 5.56 Å². The fraction of sp³-hybridized carbons (Fsp3) is 0.318. The summed E-state index contributed by atoms with van der Waals surface area (Å²) in [5.41, 5.74) is 2.17. The van der Waals surface area contributed by atoms with Gasteiger partial charge in [0.2, 0.25) is 5.91 Å². The molecule has 158 valence electrons. The van der Waals surface area contributed by atoms with Crippen molar-refractivity contribution in [2.45, 2.75) is 38.8 Å². The molecule has 0 fully saturated rings. The normalized spacial score (nSPS) is 11.8. The molecule has 1 aromatic heterocycles. The molecule has 0 bridgehead atoms. The number of nitrogens with one attached hydrogen (secondary N) is 2. The maximum Gasteiger partial charge on any atom is 0.222 e. The second kappa shape index (κ2) is 10.5. The lowest BCUT2D eigenvalue weighted by molar-refractivity contribution is -0.121. The first-order chi connectivity index (χ1) is 14.5. The number of aryl methyl sites for hydroxylation is 1. The predicted octanol–water partition coefficient (Wildman–Crippen LogP) is 4.91. The number of aromatic nitrogens is 3. The Morgan fingerprint density at radius 1 is 1.23 bits per heavy atom. The molecular weight excluding hydrogens is 464 g/mol. The molecule has 0 spiro atoms. The van der Waals surface area contributed by atoms with Crippen LogP contribution >= 0.6 is 28.1 Å². The zero-order valence-electron chi connectivity index (χ0n) is 17.0. The van der Waals surface area contributed by atoms with E-state index in [1.807, 2.05) is 47.9 Å². The van der Waals surface area contributed by atoms with E-state index in [0.717, 1.165) is 28.6 Å². The number of benzene rings is 2. The summed E-state index contributed by atoms with van der Waals surface area (Å²) in [5, 5.41) is 10.2. The minimum atomic E-state index is 0.00193. The minimum absolute atomic E-state index is 0.00193. The first-order valence-electron chi connectivity index (χ1n) is 9.79. The smallest absolute Gasteiger partial charge is 0.222 e. The fourth-order valence-electron chi connectivity index (χ4n) is 3.15. The van der Waals surface area contributed by atoms with Gasteiger partial charge in [-0.2, -0.15) is 5.10 Å². The van der Waals surface area contributed by atoms with Crippen LogP contribution in [0.2, 0.25) is 0 Å². The van der Waals surface area contributed by atoms with E-state index in [9.17, 15) is 4.79 Å². The second-order valence-electron chi connectivity index (χ2n) is 7.12. The third-order valence-corrected chi connectivity index (χ3v) is 5.70. The predicted molar refractivity (Wildman–Crippen MR) is 124 cm³/mol. The molecule has 0 saturated carbocycles. The molecule has 3 aromatic rings. The van der Waals surface area contributed by atoms with E-state index in [2.05, 4.69) is 43.6 Å². The van der Waals surface area contributed by atoms with Gasteiger partial charge in [0.15, 0.2) is 10.6 Å². The second-order valence-corrected chi connectivity index (χ2v) is 8.42. The van der Waals surface area contributed by atoms with Crippen molar-refractivity contribution in [3.05, 3.63) is 63.3 Å². The van der Waals surface area contributed by atoms with Crippen molar-refractivity contribution >= 4 is 34.1 Å². The minimum Gasteiger partial charge on any atom is -0.497 e. The molecule has 0 aliphatic rings. The summed E-state index contributed by atoms with van der Waals surface area (Å²) >= 11 is 8.80. The number of aromatic amines is 1. The van der Waals surface area contributed by atoms with Crippen LogP contribution in [0, 0.1) is 4.77 Å². The average Bonchev–Trinajstić information content (AvgIpc) is 3.12. The number of ether oxygens (including phenoxy) is 1. The lowest BCUT2D eigenvalue weighted by Crippen LogP contribution is -2.33. The van der Waals surface area contributed by atoms with Crippen LogP contribution in [0.3, 0.4) is 0 Å². The van der Waals surface area contributed by atoms with Gasteiger partial charge < -0.3 is 10.1 Å². The number of hydrogen-bond donors (Lipinski definition) is 2. The Morgan fingerprint density at radius 2 is 1.93 bits per heavy atom. The van der Waals surface area contributed by atoms with Gasteiger partial charge in [-0.1, -0.05) is 28.1 Å². The van der Waals surface area contributed by atoms with Crippen LogP contribution in [0.25, 0.3) is 11.4 Å². The fourth-order valence-corrected chi connectivity index (χ4v) is 3.64. The zero-order chi connectivity index (χ0) is 21.5. The highest BCUT2D eigenvalue weighted by Gasteiger charge is 2.12. The number of carbonyl (C=O) groups is 1. The quantitative estimate of drug-likeness (QED) is 0.419. The average molecular weight is 489 g/mol. The molecule has 2 N–H and O–H groups in total. The van der Waals surface area contributed by atoms with Crippen molar-refractivity contribution < 1.29 is 9.53 Å². The molecule has 0 aliphatic heterocycles. The molecule has 30 heavy (non-hydrogen) atoms. The van der Waals surface area contributed by atoms with E-state index >= 15 is 0 Å². The van der Waals surface area contributed by atoms with Gasteiger partial charge in [0.05, 0.1) is 7.11 Å². The standard InChI is InChI=1S/C22H25BrN4O2S/c1-15(3-4-16-5-9-18(23)10-6-16)24-20(28)13-14-27-21(25-26-22(27)30)17-7-11-19(29-2)12-8-17/h5-12,15H,3-4,13-14H2,1-2H3,(H,24,28)(H,26,30). The Balaban J connectivity index is 1.53. The van der Waals surface area contributed by atoms with E-state index in [0.29, 0.717) is 23.6 Å². The summed E-state index contributed by atoms with van der Waals surface area (Å²) in [5.74, 6) is 1.48. The monoisotopic (exact) mass is 488 g/mol. The molecule has 1 atom stereocenters. The highest BCUT2D eigenvalue weighted by atomic mass is 79.9. The number of H-pyrrole nitrogens is 1. The van der Waals surface area contributed by atoms with Crippen molar-refractivity contribution in [1.82, 2.24) is 20.1 Å². The van der Waals surface area contributed by atoms with Crippen molar-refractivity contribution in [2.75, 3.05) is 7.11 Å². The molecule has 1 unspecified atom stereocenters. The Morgan fingerprint density at radius 3 is 2.60 bits per heavy atom. The molecule has 3 rings (SSSR count). The van der Waals surface area contributed by atoms with Gasteiger partial charge in [0.1, 0.15) is 5.75 Å². The van der Waals surface area contributed by atoms with Crippen LogP contribution in [0.4, 0.5) is 0 Å². The summed E-state index contributed by atoms with van der Waals surface area (Å²) in [7, 11) is 1.63.